The molecule has 0 unspecified atom stereocenters. The summed E-state index contributed by atoms with van der Waals surface area (Å²) in [6.45, 7) is 5.67. The Balaban J connectivity index is 2.68. The van der Waals surface area contributed by atoms with Crippen LogP contribution in [-0.2, 0) is 0 Å². The minimum atomic E-state index is -1.16. The molecule has 2 rings (SSSR count). The molecule has 0 amide bonds. The molecular weight excluding hydrogens is 296 g/mol. The van der Waals surface area contributed by atoms with Gasteiger partial charge in [-0.25, -0.2) is 4.79 Å². The first kappa shape index (κ1) is 16.5. The van der Waals surface area contributed by atoms with Crippen molar-refractivity contribution in [2.24, 2.45) is 5.29 Å². The second kappa shape index (κ2) is 6.48. The van der Waals surface area contributed by atoms with Crippen LogP contribution in [0.2, 0.25) is 0 Å². The van der Waals surface area contributed by atoms with Gasteiger partial charge in [-0.1, -0.05) is 17.7 Å². The van der Waals surface area contributed by atoms with E-state index in [9.17, 15) is 14.8 Å². The van der Waals surface area contributed by atoms with E-state index in [2.05, 4.69) is 5.29 Å². The van der Waals surface area contributed by atoms with Gasteiger partial charge in [-0.15, -0.1) is 4.91 Å². The molecule has 0 aliphatic rings. The Morgan fingerprint density at radius 2 is 1.74 bits per heavy atom. The summed E-state index contributed by atoms with van der Waals surface area (Å²) < 4.78 is 5.05. The molecule has 6 nitrogen and oxygen atoms in total. The summed E-state index contributed by atoms with van der Waals surface area (Å²) in [5, 5.41) is 13.6. The van der Waals surface area contributed by atoms with Crippen LogP contribution >= 0.6 is 0 Å². The maximum Gasteiger partial charge on any atom is 0.338 e. The highest BCUT2D eigenvalue weighted by atomic mass is 16.5. The average molecular weight is 314 g/mol. The number of rotatable bonds is 5. The van der Waals surface area contributed by atoms with Crippen LogP contribution in [0.15, 0.2) is 35.6 Å². The summed E-state index contributed by atoms with van der Waals surface area (Å²) in [5.74, 6) is -0.760. The second-order valence-electron chi connectivity index (χ2n) is 5.33. The molecule has 0 radical (unpaired) electrons. The number of aromatic carboxylic acids is 1. The number of hydrogen-bond donors (Lipinski definition) is 1. The molecule has 0 saturated carbocycles. The van der Waals surface area contributed by atoms with Gasteiger partial charge in [-0.05, 0) is 50.1 Å². The molecule has 0 aliphatic heterocycles. The van der Waals surface area contributed by atoms with E-state index in [-0.39, 0.29) is 11.3 Å². The maximum absolute atomic E-state index is 11.5. The van der Waals surface area contributed by atoms with Gasteiger partial charge in [0.15, 0.2) is 0 Å². The first-order valence-corrected chi connectivity index (χ1v) is 7.01. The van der Waals surface area contributed by atoms with Crippen LogP contribution in [0.4, 0.5) is 11.4 Å². The van der Waals surface area contributed by atoms with E-state index in [0.29, 0.717) is 11.4 Å². The van der Waals surface area contributed by atoms with Crippen molar-refractivity contribution >= 4 is 17.3 Å². The SMILES string of the molecule is COc1ccc(N(N=O)c2c(C)cc(C)cc2C)c(C(=O)O)c1. The van der Waals surface area contributed by atoms with E-state index in [1.165, 1.54) is 19.2 Å². The molecule has 0 aliphatic carbocycles. The minimum Gasteiger partial charge on any atom is -0.497 e. The standard InChI is InChI=1S/C17H18N2O4/c1-10-7-11(2)16(12(3)8-10)19(18-22)15-6-5-13(23-4)9-14(15)17(20)21/h5-9H,1-4H3,(H,20,21). The van der Waals surface area contributed by atoms with Crippen LogP contribution in [-0.4, -0.2) is 18.2 Å². The van der Waals surface area contributed by atoms with Gasteiger partial charge in [-0.3, -0.25) is 0 Å². The normalized spacial score (nSPS) is 10.3. The zero-order valence-corrected chi connectivity index (χ0v) is 13.5. The molecule has 1 N–H and O–H groups in total. The molecule has 0 spiro atoms. The zero-order valence-electron chi connectivity index (χ0n) is 13.5. The monoisotopic (exact) mass is 314 g/mol. The lowest BCUT2D eigenvalue weighted by atomic mass is 10.0. The number of nitrogens with zero attached hydrogens (tertiary/aromatic N) is 2. The first-order chi connectivity index (χ1) is 10.9. The van der Waals surface area contributed by atoms with E-state index in [0.717, 1.165) is 21.7 Å². The predicted octanol–water partition coefficient (Wildman–Crippen LogP) is 4.14. The minimum absolute atomic E-state index is 0.0525. The highest BCUT2D eigenvalue weighted by molar-refractivity contribution is 5.96. The number of methoxy groups -OCH3 is 1. The van der Waals surface area contributed by atoms with E-state index in [1.54, 1.807) is 6.07 Å². The van der Waals surface area contributed by atoms with Gasteiger partial charge in [0, 0.05) is 0 Å². The smallest absolute Gasteiger partial charge is 0.338 e. The van der Waals surface area contributed by atoms with Gasteiger partial charge in [-0.2, -0.15) is 5.01 Å². The summed E-state index contributed by atoms with van der Waals surface area (Å²) in [4.78, 5) is 23.0. The zero-order chi connectivity index (χ0) is 17.1. The van der Waals surface area contributed by atoms with Crippen LogP contribution in [0.3, 0.4) is 0 Å². The number of carboxylic acid groups (broad SMARTS) is 1. The van der Waals surface area contributed by atoms with Crippen molar-refractivity contribution in [3.63, 3.8) is 0 Å². The number of anilines is 2. The number of benzene rings is 2. The molecule has 0 bridgehead atoms. The Morgan fingerprint density at radius 3 is 2.22 bits per heavy atom. The third-order valence-corrected chi connectivity index (χ3v) is 3.59. The molecule has 120 valence electrons. The lowest BCUT2D eigenvalue weighted by Crippen LogP contribution is -2.15. The fraction of sp³-hybridized carbons (Fsp3) is 0.235. The predicted molar refractivity (Wildman–Crippen MR) is 88.5 cm³/mol. The molecule has 0 heterocycles. The molecule has 0 fully saturated rings. The summed E-state index contributed by atoms with van der Waals surface area (Å²) in [7, 11) is 1.45. The van der Waals surface area contributed by atoms with Gasteiger partial charge in [0.2, 0.25) is 0 Å². The highest BCUT2D eigenvalue weighted by Gasteiger charge is 2.22. The Labute approximate surface area is 134 Å². The van der Waals surface area contributed by atoms with Crippen molar-refractivity contribution in [2.75, 3.05) is 12.1 Å². The maximum atomic E-state index is 11.5. The number of ether oxygens (including phenoxy) is 1. The summed E-state index contributed by atoms with van der Waals surface area (Å²) in [6.07, 6.45) is 0. The third kappa shape index (κ3) is 3.15. The average Bonchev–Trinajstić information content (AvgIpc) is 2.50. The van der Waals surface area contributed by atoms with Gasteiger partial charge in [0.1, 0.15) is 5.75 Å². The lowest BCUT2D eigenvalue weighted by Gasteiger charge is -2.22. The van der Waals surface area contributed by atoms with Crippen molar-refractivity contribution in [1.82, 2.24) is 0 Å². The Bertz CT molecular complexity index is 748. The molecule has 0 atom stereocenters. The Hall–Kier alpha value is -2.89. The second-order valence-corrected chi connectivity index (χ2v) is 5.33. The molecule has 2 aromatic rings. The van der Waals surface area contributed by atoms with Crippen molar-refractivity contribution in [3.05, 3.63) is 57.5 Å². The van der Waals surface area contributed by atoms with Crippen LogP contribution in [0, 0.1) is 25.7 Å². The quantitative estimate of drug-likeness (QED) is 0.663. The van der Waals surface area contributed by atoms with E-state index >= 15 is 0 Å². The number of aryl methyl sites for hydroxylation is 3. The number of nitroso groups, excluding NO2 is 1. The van der Waals surface area contributed by atoms with Gasteiger partial charge in [0.05, 0.1) is 29.3 Å². The van der Waals surface area contributed by atoms with Crippen molar-refractivity contribution in [2.45, 2.75) is 20.8 Å². The van der Waals surface area contributed by atoms with Gasteiger partial charge >= 0.3 is 5.97 Å². The Morgan fingerprint density at radius 1 is 1.13 bits per heavy atom. The van der Waals surface area contributed by atoms with Crippen molar-refractivity contribution < 1.29 is 14.6 Å². The lowest BCUT2D eigenvalue weighted by molar-refractivity contribution is 0.0697. The number of carboxylic acids is 1. The molecular formula is C17H18N2O4. The summed E-state index contributed by atoms with van der Waals surface area (Å²) in [5.41, 5.74) is 3.47. The number of carbonyl (C=O) groups is 1. The Kier molecular flexibility index (Phi) is 4.64. The van der Waals surface area contributed by atoms with E-state index < -0.39 is 5.97 Å². The first-order valence-electron chi connectivity index (χ1n) is 7.01. The molecule has 0 saturated heterocycles. The summed E-state index contributed by atoms with van der Waals surface area (Å²) >= 11 is 0. The highest BCUT2D eigenvalue weighted by Crippen LogP contribution is 2.36. The van der Waals surface area contributed by atoms with Crippen molar-refractivity contribution in [3.8, 4) is 5.75 Å². The van der Waals surface area contributed by atoms with E-state index in [1.807, 2.05) is 32.9 Å². The van der Waals surface area contributed by atoms with Crippen LogP contribution in [0.5, 0.6) is 5.75 Å². The number of hydrogen-bond acceptors (Lipinski definition) is 4. The fourth-order valence-corrected chi connectivity index (χ4v) is 2.71. The molecule has 6 heteroatoms. The summed E-state index contributed by atoms with van der Waals surface area (Å²) in [6, 6.07) is 8.32. The molecule has 0 aromatic heterocycles. The van der Waals surface area contributed by atoms with Crippen molar-refractivity contribution in [1.29, 1.82) is 0 Å². The molecule has 23 heavy (non-hydrogen) atoms. The van der Waals surface area contributed by atoms with E-state index in [4.69, 9.17) is 4.74 Å². The van der Waals surface area contributed by atoms with Gasteiger partial charge < -0.3 is 9.84 Å². The van der Waals surface area contributed by atoms with Crippen LogP contribution in [0.25, 0.3) is 0 Å². The third-order valence-electron chi connectivity index (χ3n) is 3.59. The molecule has 2 aromatic carbocycles. The van der Waals surface area contributed by atoms with Crippen LogP contribution in [0.1, 0.15) is 27.0 Å². The van der Waals surface area contributed by atoms with Crippen LogP contribution < -0.4 is 9.75 Å². The topological polar surface area (TPSA) is 79.2 Å². The fourth-order valence-electron chi connectivity index (χ4n) is 2.71. The largest absolute Gasteiger partial charge is 0.497 e. The van der Waals surface area contributed by atoms with Gasteiger partial charge in [0.25, 0.3) is 0 Å².